The van der Waals surface area contributed by atoms with Crippen LogP contribution in [0, 0.1) is 0 Å². The molecule has 0 unspecified atom stereocenters. The van der Waals surface area contributed by atoms with E-state index in [-0.39, 0.29) is 29.6 Å². The minimum absolute atomic E-state index is 0. The molecule has 1 N–H and O–H groups in total. The molecule has 0 aromatic rings. The summed E-state index contributed by atoms with van der Waals surface area (Å²) in [6.07, 6.45) is -28.4. The van der Waals surface area contributed by atoms with Gasteiger partial charge in [0.2, 0.25) is 0 Å². The van der Waals surface area contributed by atoms with Gasteiger partial charge in [0, 0.05) is 0 Å². The van der Waals surface area contributed by atoms with Crippen molar-refractivity contribution in [3.8, 4) is 0 Å². The standard InChI is InChI=1S/C7HF13O4.Na.H/c8-2(9,1(21)22)4(12,13)23-5(14,15)3(10,11)6(16,17)24-7(18,19)20;;/h(H,21,22);;. The second-order valence-corrected chi connectivity index (χ2v) is 3.65. The van der Waals surface area contributed by atoms with Gasteiger partial charge in [0.1, 0.15) is 0 Å². The van der Waals surface area contributed by atoms with Gasteiger partial charge in [-0.05, 0) is 0 Å². The zero-order valence-corrected chi connectivity index (χ0v) is 10.1. The van der Waals surface area contributed by atoms with Crippen molar-refractivity contribution in [3.05, 3.63) is 0 Å². The van der Waals surface area contributed by atoms with E-state index in [1.165, 1.54) is 9.47 Å². The van der Waals surface area contributed by atoms with Crippen LogP contribution >= 0.6 is 0 Å². The first-order valence-electron chi connectivity index (χ1n) is 4.70. The quantitative estimate of drug-likeness (QED) is 0.509. The number of carboxylic acids is 1. The van der Waals surface area contributed by atoms with Crippen LogP contribution in [0.2, 0.25) is 0 Å². The molecule has 0 aliphatic rings. The average molecular weight is 420 g/mol. The van der Waals surface area contributed by atoms with E-state index >= 15 is 0 Å². The summed E-state index contributed by atoms with van der Waals surface area (Å²) in [6, 6.07) is 0. The zero-order chi connectivity index (χ0) is 20.0. The van der Waals surface area contributed by atoms with Gasteiger partial charge in [-0.1, -0.05) is 0 Å². The predicted molar refractivity (Wildman–Crippen MR) is 47.7 cm³/mol. The van der Waals surface area contributed by atoms with Crippen LogP contribution in [0.5, 0.6) is 0 Å². The molecule has 0 amide bonds. The number of aliphatic carboxylic acids is 1. The molecule has 0 radical (unpaired) electrons. The van der Waals surface area contributed by atoms with E-state index in [2.05, 4.69) is 0 Å². The molecule has 0 bridgehead atoms. The Morgan fingerprint density at radius 2 is 0.960 bits per heavy atom. The number of carboxylic acid groups (broad SMARTS) is 1. The molecule has 4 nitrogen and oxygen atoms in total. The Morgan fingerprint density at radius 1 is 0.640 bits per heavy atom. The second kappa shape index (κ2) is 7.24. The summed E-state index contributed by atoms with van der Waals surface area (Å²) in [6.45, 7) is 0. The number of halogens is 13. The van der Waals surface area contributed by atoms with E-state index in [0.29, 0.717) is 0 Å². The van der Waals surface area contributed by atoms with Crippen LogP contribution in [0.3, 0.4) is 0 Å². The second-order valence-electron chi connectivity index (χ2n) is 3.65. The zero-order valence-electron chi connectivity index (χ0n) is 10.1. The third-order valence-corrected chi connectivity index (χ3v) is 1.87. The maximum absolute atomic E-state index is 12.7. The van der Waals surface area contributed by atoms with Crippen molar-refractivity contribution in [2.45, 2.75) is 36.5 Å². The summed E-state index contributed by atoms with van der Waals surface area (Å²) in [7, 11) is 0. The summed E-state index contributed by atoms with van der Waals surface area (Å²) in [4.78, 5) is 9.72. The van der Waals surface area contributed by atoms with Crippen molar-refractivity contribution >= 4 is 35.5 Å². The van der Waals surface area contributed by atoms with Crippen molar-refractivity contribution in [1.82, 2.24) is 0 Å². The first-order valence-corrected chi connectivity index (χ1v) is 4.70. The molecule has 0 fully saturated rings. The third-order valence-electron chi connectivity index (χ3n) is 1.87. The first kappa shape index (κ1) is 26.7. The summed E-state index contributed by atoms with van der Waals surface area (Å²) < 4.78 is 162. The Balaban J connectivity index is 0. The Kier molecular flexibility index (Phi) is 7.74. The molecule has 0 rings (SSSR count). The molecule has 0 saturated heterocycles. The SMILES string of the molecule is O=C(O)C(F)(F)C(F)(F)OC(F)(F)C(F)(F)C(F)(F)OC(F)(F)F.[NaH]. The molecular formula is C7H2F13NaO4. The van der Waals surface area contributed by atoms with Gasteiger partial charge in [-0.15, -0.1) is 13.2 Å². The van der Waals surface area contributed by atoms with Crippen LogP contribution < -0.4 is 0 Å². The Labute approximate surface area is 149 Å². The maximum atomic E-state index is 12.7. The Hall–Kier alpha value is -0.520. The van der Waals surface area contributed by atoms with Crippen LogP contribution in [-0.4, -0.2) is 77.2 Å². The van der Waals surface area contributed by atoms with E-state index in [4.69, 9.17) is 5.11 Å². The van der Waals surface area contributed by atoms with E-state index in [1.807, 2.05) is 0 Å². The fraction of sp³-hybridized carbons (Fsp3) is 0.857. The third kappa shape index (κ3) is 5.48. The summed E-state index contributed by atoms with van der Waals surface area (Å²) in [5.41, 5.74) is 0. The van der Waals surface area contributed by atoms with Gasteiger partial charge in [0.05, 0.1) is 0 Å². The van der Waals surface area contributed by atoms with Crippen molar-refractivity contribution in [3.63, 3.8) is 0 Å². The van der Waals surface area contributed by atoms with Gasteiger partial charge in [-0.3, -0.25) is 0 Å². The van der Waals surface area contributed by atoms with Crippen molar-refractivity contribution in [2.24, 2.45) is 0 Å². The fourth-order valence-corrected chi connectivity index (χ4v) is 0.793. The van der Waals surface area contributed by atoms with Crippen LogP contribution in [0.1, 0.15) is 0 Å². The van der Waals surface area contributed by atoms with E-state index in [1.54, 1.807) is 0 Å². The average Bonchev–Trinajstić information content (AvgIpc) is 2.22. The van der Waals surface area contributed by atoms with Crippen LogP contribution in [-0.2, 0) is 14.3 Å². The molecule has 25 heavy (non-hydrogen) atoms. The van der Waals surface area contributed by atoms with Gasteiger partial charge >= 0.3 is 72.1 Å². The van der Waals surface area contributed by atoms with Crippen molar-refractivity contribution < 1.29 is 76.5 Å². The predicted octanol–water partition coefficient (Wildman–Crippen LogP) is 3.02. The molecule has 0 atom stereocenters. The molecule has 0 aromatic carbocycles. The molecule has 0 aliphatic heterocycles. The van der Waals surface area contributed by atoms with Gasteiger partial charge in [0.25, 0.3) is 0 Å². The molecular weight excluding hydrogens is 418 g/mol. The monoisotopic (exact) mass is 420 g/mol. The van der Waals surface area contributed by atoms with Crippen LogP contribution in [0.25, 0.3) is 0 Å². The molecule has 0 heterocycles. The normalized spacial score (nSPS) is 14.9. The first-order chi connectivity index (χ1) is 10.1. The number of hydrogen-bond acceptors (Lipinski definition) is 3. The van der Waals surface area contributed by atoms with Gasteiger partial charge in [-0.25, -0.2) is 14.3 Å². The molecule has 0 aliphatic carbocycles. The molecule has 18 heteroatoms. The van der Waals surface area contributed by atoms with Gasteiger partial charge in [-0.2, -0.15) is 43.9 Å². The Bertz CT molecular complexity index is 487. The fourth-order valence-electron chi connectivity index (χ4n) is 0.793. The van der Waals surface area contributed by atoms with Crippen molar-refractivity contribution in [1.29, 1.82) is 0 Å². The topological polar surface area (TPSA) is 55.8 Å². The van der Waals surface area contributed by atoms with E-state index < -0.39 is 42.5 Å². The van der Waals surface area contributed by atoms with Crippen molar-refractivity contribution in [2.75, 3.05) is 0 Å². The number of ether oxygens (including phenoxy) is 2. The van der Waals surface area contributed by atoms with Gasteiger partial charge in [0.15, 0.2) is 0 Å². The number of rotatable bonds is 7. The molecule has 0 spiro atoms. The summed E-state index contributed by atoms with van der Waals surface area (Å²) in [5.74, 6) is -18.1. The molecule has 0 saturated carbocycles. The number of carbonyl (C=O) groups is 1. The molecule has 146 valence electrons. The number of hydrogen-bond donors (Lipinski definition) is 1. The molecule has 0 aromatic heterocycles. The van der Waals surface area contributed by atoms with E-state index in [0.717, 1.165) is 0 Å². The van der Waals surface area contributed by atoms with E-state index in [9.17, 15) is 61.9 Å². The minimum atomic E-state index is -7.58. The Morgan fingerprint density at radius 3 is 1.24 bits per heavy atom. The van der Waals surface area contributed by atoms with Crippen LogP contribution in [0.15, 0.2) is 0 Å². The summed E-state index contributed by atoms with van der Waals surface area (Å²) in [5, 5.41) is 7.63. The van der Waals surface area contributed by atoms with Gasteiger partial charge < -0.3 is 5.11 Å². The number of alkyl halides is 13. The summed E-state index contributed by atoms with van der Waals surface area (Å²) >= 11 is 0. The van der Waals surface area contributed by atoms with Crippen LogP contribution in [0.4, 0.5) is 57.1 Å².